The number of aromatic nitrogens is 2. The van der Waals surface area contributed by atoms with Gasteiger partial charge in [-0.25, -0.2) is 0 Å². The molecule has 2 heteroatoms. The molecule has 76 valence electrons. The van der Waals surface area contributed by atoms with E-state index in [2.05, 4.69) is 41.4 Å². The molecule has 0 saturated heterocycles. The van der Waals surface area contributed by atoms with Crippen LogP contribution in [0.1, 0.15) is 18.9 Å². The minimum Gasteiger partial charge on any atom is -0.159 e. The Labute approximate surface area is 90.0 Å². The third-order valence-corrected chi connectivity index (χ3v) is 2.36. The summed E-state index contributed by atoms with van der Waals surface area (Å²) in [5.41, 5.74) is 3.44. The van der Waals surface area contributed by atoms with Gasteiger partial charge < -0.3 is 0 Å². The maximum Gasteiger partial charge on any atom is 0.0929 e. The summed E-state index contributed by atoms with van der Waals surface area (Å²) in [6.45, 7) is 2.19. The van der Waals surface area contributed by atoms with Crippen molar-refractivity contribution in [2.45, 2.75) is 19.8 Å². The Morgan fingerprint density at radius 3 is 2.47 bits per heavy atom. The summed E-state index contributed by atoms with van der Waals surface area (Å²) in [4.78, 5) is 0. The summed E-state index contributed by atoms with van der Waals surface area (Å²) >= 11 is 0. The van der Waals surface area contributed by atoms with Gasteiger partial charge in [0.2, 0.25) is 0 Å². The molecule has 0 aliphatic rings. The Kier molecular flexibility index (Phi) is 3.08. The molecule has 1 aromatic heterocycles. The molecular formula is C13H14N2. The Balaban J connectivity index is 2.24. The zero-order chi connectivity index (χ0) is 10.5. The number of aryl methyl sites for hydroxylation is 1. The number of rotatable bonds is 3. The van der Waals surface area contributed by atoms with Gasteiger partial charge in [-0.1, -0.05) is 37.6 Å². The lowest BCUT2D eigenvalue weighted by Gasteiger charge is -2.01. The average molecular weight is 198 g/mol. The minimum absolute atomic E-state index is 0.931. The molecule has 0 aliphatic carbocycles. The predicted molar refractivity (Wildman–Crippen MR) is 61.5 cm³/mol. The number of hydrogen-bond donors (Lipinski definition) is 0. The van der Waals surface area contributed by atoms with E-state index in [1.165, 1.54) is 12.0 Å². The van der Waals surface area contributed by atoms with Crippen LogP contribution in [-0.4, -0.2) is 10.2 Å². The molecule has 15 heavy (non-hydrogen) atoms. The Morgan fingerprint density at radius 1 is 1.07 bits per heavy atom. The lowest BCUT2D eigenvalue weighted by atomic mass is 10.1. The first-order valence-electron chi connectivity index (χ1n) is 5.27. The highest BCUT2D eigenvalue weighted by Gasteiger charge is 1.98. The van der Waals surface area contributed by atoms with Gasteiger partial charge >= 0.3 is 0 Å². The first kappa shape index (κ1) is 9.84. The number of benzene rings is 1. The van der Waals surface area contributed by atoms with Crippen molar-refractivity contribution in [1.82, 2.24) is 10.2 Å². The first-order chi connectivity index (χ1) is 7.40. The van der Waals surface area contributed by atoms with Crippen molar-refractivity contribution in [3.8, 4) is 11.3 Å². The quantitative estimate of drug-likeness (QED) is 0.757. The lowest BCUT2D eigenvalue weighted by Crippen LogP contribution is -1.87. The summed E-state index contributed by atoms with van der Waals surface area (Å²) in [6.07, 6.45) is 4.01. The highest BCUT2D eigenvalue weighted by atomic mass is 15.1. The van der Waals surface area contributed by atoms with Gasteiger partial charge in [0.15, 0.2) is 0 Å². The average Bonchev–Trinajstić information content (AvgIpc) is 2.32. The fraction of sp³-hybridized carbons (Fsp3) is 0.231. The molecule has 0 bridgehead atoms. The van der Waals surface area contributed by atoms with Crippen molar-refractivity contribution >= 4 is 0 Å². The summed E-state index contributed by atoms with van der Waals surface area (Å²) < 4.78 is 0. The number of nitrogens with zero attached hydrogens (tertiary/aromatic N) is 2. The Bertz CT molecular complexity index is 406. The second-order valence-corrected chi connectivity index (χ2v) is 3.56. The third kappa shape index (κ3) is 2.40. The molecule has 0 saturated carbocycles. The van der Waals surface area contributed by atoms with E-state index in [1.807, 2.05) is 12.1 Å². The maximum absolute atomic E-state index is 4.07. The molecule has 0 amide bonds. The van der Waals surface area contributed by atoms with Crippen molar-refractivity contribution in [2.75, 3.05) is 0 Å². The maximum atomic E-state index is 4.07. The highest BCUT2D eigenvalue weighted by Crippen LogP contribution is 2.16. The molecule has 2 aromatic rings. The molecule has 0 spiro atoms. The molecule has 0 radical (unpaired) electrons. The van der Waals surface area contributed by atoms with Crippen molar-refractivity contribution < 1.29 is 0 Å². The monoisotopic (exact) mass is 198 g/mol. The minimum atomic E-state index is 0.931. The van der Waals surface area contributed by atoms with E-state index in [0.717, 1.165) is 17.7 Å². The lowest BCUT2D eigenvalue weighted by molar-refractivity contribution is 0.922. The molecule has 0 aliphatic heterocycles. The van der Waals surface area contributed by atoms with Gasteiger partial charge in [-0.05, 0) is 24.1 Å². The summed E-state index contributed by atoms with van der Waals surface area (Å²) in [5.74, 6) is 0. The molecule has 0 N–H and O–H groups in total. The molecule has 0 unspecified atom stereocenters. The SMILES string of the molecule is CCCc1ccc(-c2cccnn2)cc1. The first-order valence-corrected chi connectivity index (χ1v) is 5.27. The van der Waals surface area contributed by atoms with Crippen LogP contribution in [0.15, 0.2) is 42.6 Å². The van der Waals surface area contributed by atoms with Gasteiger partial charge in [-0.15, -0.1) is 0 Å². The van der Waals surface area contributed by atoms with Gasteiger partial charge in [0, 0.05) is 11.8 Å². The molecule has 0 atom stereocenters. The van der Waals surface area contributed by atoms with Crippen molar-refractivity contribution in [3.05, 3.63) is 48.2 Å². The number of hydrogen-bond acceptors (Lipinski definition) is 2. The molecular weight excluding hydrogens is 184 g/mol. The van der Waals surface area contributed by atoms with Gasteiger partial charge in [0.25, 0.3) is 0 Å². The second kappa shape index (κ2) is 4.69. The Morgan fingerprint density at radius 2 is 1.87 bits per heavy atom. The Hall–Kier alpha value is -1.70. The summed E-state index contributed by atoms with van der Waals surface area (Å²) in [6, 6.07) is 12.4. The van der Waals surface area contributed by atoms with Crippen LogP contribution < -0.4 is 0 Å². The van der Waals surface area contributed by atoms with Crippen LogP contribution in [0.4, 0.5) is 0 Å². The van der Waals surface area contributed by atoms with Gasteiger partial charge in [-0.3, -0.25) is 0 Å². The van der Waals surface area contributed by atoms with Crippen molar-refractivity contribution in [3.63, 3.8) is 0 Å². The summed E-state index contributed by atoms with van der Waals surface area (Å²) in [5, 5.41) is 7.94. The van der Waals surface area contributed by atoms with Crippen molar-refractivity contribution in [2.24, 2.45) is 0 Å². The fourth-order valence-electron chi connectivity index (χ4n) is 1.59. The third-order valence-electron chi connectivity index (χ3n) is 2.36. The normalized spacial score (nSPS) is 10.2. The largest absolute Gasteiger partial charge is 0.159 e. The molecule has 2 rings (SSSR count). The van der Waals surface area contributed by atoms with Crippen LogP contribution in [0, 0.1) is 0 Å². The van der Waals surface area contributed by atoms with E-state index in [-0.39, 0.29) is 0 Å². The van der Waals surface area contributed by atoms with E-state index in [9.17, 15) is 0 Å². The van der Waals surface area contributed by atoms with E-state index >= 15 is 0 Å². The van der Waals surface area contributed by atoms with E-state index < -0.39 is 0 Å². The van der Waals surface area contributed by atoms with Gasteiger partial charge in [0.1, 0.15) is 0 Å². The van der Waals surface area contributed by atoms with Crippen LogP contribution in [-0.2, 0) is 6.42 Å². The van der Waals surface area contributed by atoms with E-state index in [1.54, 1.807) is 6.20 Å². The second-order valence-electron chi connectivity index (χ2n) is 3.56. The molecule has 1 heterocycles. The fourth-order valence-corrected chi connectivity index (χ4v) is 1.59. The van der Waals surface area contributed by atoms with Crippen LogP contribution >= 0.6 is 0 Å². The predicted octanol–water partition coefficient (Wildman–Crippen LogP) is 3.10. The van der Waals surface area contributed by atoms with E-state index in [4.69, 9.17) is 0 Å². The molecule has 1 aromatic carbocycles. The molecule has 0 fully saturated rings. The smallest absolute Gasteiger partial charge is 0.0929 e. The zero-order valence-corrected chi connectivity index (χ0v) is 8.85. The zero-order valence-electron chi connectivity index (χ0n) is 8.85. The van der Waals surface area contributed by atoms with Crippen LogP contribution in [0.5, 0.6) is 0 Å². The van der Waals surface area contributed by atoms with Crippen LogP contribution in [0.25, 0.3) is 11.3 Å². The topological polar surface area (TPSA) is 25.8 Å². The van der Waals surface area contributed by atoms with E-state index in [0.29, 0.717) is 0 Å². The standard InChI is InChI=1S/C13H14N2/c1-2-4-11-6-8-12(9-7-11)13-5-3-10-14-15-13/h3,5-10H,2,4H2,1H3. The van der Waals surface area contributed by atoms with Crippen LogP contribution in [0.2, 0.25) is 0 Å². The van der Waals surface area contributed by atoms with Crippen molar-refractivity contribution in [1.29, 1.82) is 0 Å². The molecule has 2 nitrogen and oxygen atoms in total. The highest BCUT2D eigenvalue weighted by molar-refractivity contribution is 5.58. The van der Waals surface area contributed by atoms with Gasteiger partial charge in [0.05, 0.1) is 5.69 Å². The van der Waals surface area contributed by atoms with Crippen LogP contribution in [0.3, 0.4) is 0 Å². The summed E-state index contributed by atoms with van der Waals surface area (Å²) in [7, 11) is 0. The van der Waals surface area contributed by atoms with Gasteiger partial charge in [-0.2, -0.15) is 10.2 Å².